The monoisotopic (exact) mass is 218 g/mol. The number of nitrogens with one attached hydrogen (secondary N) is 1. The van der Waals surface area contributed by atoms with E-state index in [1.165, 1.54) is 19.3 Å². The topological polar surface area (TPSA) is 32.3 Å². The van der Waals surface area contributed by atoms with E-state index in [4.69, 9.17) is 0 Å². The number of piperidine rings is 1. The first-order chi connectivity index (χ1) is 6.38. The van der Waals surface area contributed by atoms with Crippen LogP contribution in [0.15, 0.2) is 0 Å². The highest BCUT2D eigenvalue weighted by Gasteiger charge is 2.27. The van der Waals surface area contributed by atoms with Crippen molar-refractivity contribution in [1.82, 2.24) is 10.2 Å². The molecule has 0 aromatic carbocycles. The summed E-state index contributed by atoms with van der Waals surface area (Å²) in [7, 11) is 0. The van der Waals surface area contributed by atoms with Gasteiger partial charge in [-0.2, -0.15) is 0 Å². The minimum absolute atomic E-state index is 0. The van der Waals surface area contributed by atoms with Gasteiger partial charge in [-0.05, 0) is 38.6 Å². The van der Waals surface area contributed by atoms with Gasteiger partial charge in [0.05, 0.1) is 6.04 Å². The van der Waals surface area contributed by atoms with Crippen molar-refractivity contribution in [1.29, 1.82) is 0 Å². The zero-order valence-electron chi connectivity index (χ0n) is 8.50. The number of likely N-dealkylation sites (tertiary alicyclic amines) is 1. The largest absolute Gasteiger partial charge is 0.341 e. The first kappa shape index (κ1) is 11.8. The number of amides is 1. The summed E-state index contributed by atoms with van der Waals surface area (Å²) in [6, 6.07) is 0.137. The van der Waals surface area contributed by atoms with Crippen LogP contribution in [0.3, 0.4) is 0 Å². The highest BCUT2D eigenvalue weighted by Crippen LogP contribution is 2.13. The minimum atomic E-state index is 0. The summed E-state index contributed by atoms with van der Waals surface area (Å²) in [5, 5.41) is 3.26. The molecule has 2 heterocycles. The quantitative estimate of drug-likeness (QED) is 0.717. The Kier molecular flexibility index (Phi) is 4.69. The number of rotatable bonds is 1. The molecule has 2 rings (SSSR count). The van der Waals surface area contributed by atoms with Crippen LogP contribution >= 0.6 is 12.4 Å². The van der Waals surface area contributed by atoms with Gasteiger partial charge in [-0.25, -0.2) is 0 Å². The maximum absolute atomic E-state index is 11.9. The van der Waals surface area contributed by atoms with Gasteiger partial charge in [0.25, 0.3) is 0 Å². The number of hydrogen-bond donors (Lipinski definition) is 1. The average molecular weight is 219 g/mol. The van der Waals surface area contributed by atoms with Gasteiger partial charge in [-0.3, -0.25) is 4.79 Å². The lowest BCUT2D eigenvalue weighted by atomic mass is 10.1. The highest BCUT2D eigenvalue weighted by atomic mass is 35.5. The van der Waals surface area contributed by atoms with E-state index in [0.29, 0.717) is 5.91 Å². The second-order valence-electron chi connectivity index (χ2n) is 4.03. The number of halogens is 1. The Morgan fingerprint density at radius 1 is 1.14 bits per heavy atom. The zero-order valence-corrected chi connectivity index (χ0v) is 9.31. The smallest absolute Gasteiger partial charge is 0.239 e. The van der Waals surface area contributed by atoms with E-state index in [2.05, 4.69) is 5.32 Å². The second-order valence-corrected chi connectivity index (χ2v) is 4.03. The first-order valence-electron chi connectivity index (χ1n) is 5.40. The van der Waals surface area contributed by atoms with Crippen LogP contribution in [-0.4, -0.2) is 36.5 Å². The van der Waals surface area contributed by atoms with Crippen molar-refractivity contribution in [2.24, 2.45) is 0 Å². The molecule has 2 fully saturated rings. The van der Waals surface area contributed by atoms with Gasteiger partial charge in [0.15, 0.2) is 0 Å². The van der Waals surface area contributed by atoms with Crippen LogP contribution in [0.25, 0.3) is 0 Å². The molecule has 0 unspecified atom stereocenters. The van der Waals surface area contributed by atoms with Crippen molar-refractivity contribution in [2.45, 2.75) is 38.1 Å². The molecule has 0 saturated carbocycles. The molecular weight excluding hydrogens is 200 g/mol. The molecule has 82 valence electrons. The van der Waals surface area contributed by atoms with Gasteiger partial charge in [0, 0.05) is 13.1 Å². The van der Waals surface area contributed by atoms with Gasteiger partial charge in [0.2, 0.25) is 5.91 Å². The Balaban J connectivity index is 0.000000980. The Morgan fingerprint density at radius 3 is 2.43 bits per heavy atom. The van der Waals surface area contributed by atoms with Crippen molar-refractivity contribution in [3.8, 4) is 0 Å². The van der Waals surface area contributed by atoms with E-state index in [1.807, 2.05) is 4.90 Å². The molecule has 1 N–H and O–H groups in total. The Bertz CT molecular complexity index is 187. The highest BCUT2D eigenvalue weighted by molar-refractivity contribution is 5.85. The van der Waals surface area contributed by atoms with Crippen molar-refractivity contribution in [3.05, 3.63) is 0 Å². The van der Waals surface area contributed by atoms with E-state index in [1.54, 1.807) is 0 Å². The molecule has 2 aliphatic rings. The van der Waals surface area contributed by atoms with Crippen molar-refractivity contribution in [3.63, 3.8) is 0 Å². The van der Waals surface area contributed by atoms with Gasteiger partial charge in [-0.15, -0.1) is 12.4 Å². The Labute approximate surface area is 91.6 Å². The molecule has 0 radical (unpaired) electrons. The molecule has 1 amide bonds. The second kappa shape index (κ2) is 5.56. The number of carbonyl (C=O) groups excluding carboxylic acids is 1. The van der Waals surface area contributed by atoms with E-state index in [0.717, 1.165) is 32.5 Å². The van der Waals surface area contributed by atoms with Crippen molar-refractivity contribution < 1.29 is 4.79 Å². The average Bonchev–Trinajstić information content (AvgIpc) is 2.71. The van der Waals surface area contributed by atoms with Crippen molar-refractivity contribution >= 4 is 18.3 Å². The number of nitrogens with zero attached hydrogens (tertiary/aromatic N) is 1. The summed E-state index contributed by atoms with van der Waals surface area (Å²) < 4.78 is 0. The minimum Gasteiger partial charge on any atom is -0.341 e. The Morgan fingerprint density at radius 2 is 1.86 bits per heavy atom. The molecule has 0 aromatic heterocycles. The SMILES string of the molecule is Cl.O=C([C@@H]1CCCN1)N1CCCCC1. The third-order valence-corrected chi connectivity index (χ3v) is 3.03. The van der Waals surface area contributed by atoms with Crippen LogP contribution in [0.2, 0.25) is 0 Å². The van der Waals surface area contributed by atoms with Crippen molar-refractivity contribution in [2.75, 3.05) is 19.6 Å². The predicted octanol–water partition coefficient (Wildman–Crippen LogP) is 1.17. The molecule has 0 bridgehead atoms. The fraction of sp³-hybridized carbons (Fsp3) is 0.900. The summed E-state index contributed by atoms with van der Waals surface area (Å²) in [6.45, 7) is 2.98. The lowest BCUT2D eigenvalue weighted by molar-refractivity contribution is -0.133. The predicted molar refractivity (Wildman–Crippen MR) is 58.7 cm³/mol. The van der Waals surface area contributed by atoms with Gasteiger partial charge in [-0.1, -0.05) is 0 Å². The third kappa shape index (κ3) is 2.61. The molecule has 0 aliphatic carbocycles. The van der Waals surface area contributed by atoms with E-state index in [9.17, 15) is 4.79 Å². The fourth-order valence-corrected chi connectivity index (χ4v) is 2.23. The normalized spacial score (nSPS) is 27.1. The molecule has 2 aliphatic heterocycles. The molecule has 2 saturated heterocycles. The summed E-state index contributed by atoms with van der Waals surface area (Å²) in [6.07, 6.45) is 5.87. The summed E-state index contributed by atoms with van der Waals surface area (Å²) in [5.41, 5.74) is 0. The van der Waals surface area contributed by atoms with E-state index >= 15 is 0 Å². The first-order valence-corrected chi connectivity index (χ1v) is 5.40. The van der Waals surface area contributed by atoms with Gasteiger partial charge in [0.1, 0.15) is 0 Å². The van der Waals surface area contributed by atoms with Crippen LogP contribution < -0.4 is 5.32 Å². The van der Waals surface area contributed by atoms with Gasteiger partial charge < -0.3 is 10.2 Å². The third-order valence-electron chi connectivity index (χ3n) is 3.03. The summed E-state index contributed by atoms with van der Waals surface area (Å²) >= 11 is 0. The van der Waals surface area contributed by atoms with E-state index < -0.39 is 0 Å². The molecule has 1 atom stereocenters. The molecule has 3 nitrogen and oxygen atoms in total. The Hall–Kier alpha value is -0.280. The summed E-state index contributed by atoms with van der Waals surface area (Å²) in [5.74, 6) is 0.345. The van der Waals surface area contributed by atoms with E-state index in [-0.39, 0.29) is 18.4 Å². The van der Waals surface area contributed by atoms with Gasteiger partial charge >= 0.3 is 0 Å². The van der Waals surface area contributed by atoms with Crippen LogP contribution in [0, 0.1) is 0 Å². The lowest BCUT2D eigenvalue weighted by Gasteiger charge is -2.29. The molecule has 14 heavy (non-hydrogen) atoms. The number of hydrogen-bond acceptors (Lipinski definition) is 2. The van der Waals surface area contributed by atoms with Crippen LogP contribution in [0.5, 0.6) is 0 Å². The fourth-order valence-electron chi connectivity index (χ4n) is 2.23. The maximum atomic E-state index is 11.9. The lowest BCUT2D eigenvalue weighted by Crippen LogP contribution is -2.45. The molecule has 0 aromatic rings. The zero-order chi connectivity index (χ0) is 9.10. The number of carbonyl (C=O) groups is 1. The van der Waals surface area contributed by atoms with Crippen LogP contribution in [-0.2, 0) is 4.79 Å². The van der Waals surface area contributed by atoms with Crippen LogP contribution in [0.1, 0.15) is 32.1 Å². The molecule has 4 heteroatoms. The maximum Gasteiger partial charge on any atom is 0.239 e. The standard InChI is InChI=1S/C10H18N2O.ClH/c13-10(9-5-4-6-11-9)12-7-2-1-3-8-12;/h9,11H,1-8H2;1H/t9-;/m0./s1. The van der Waals surface area contributed by atoms with Crippen LogP contribution in [0.4, 0.5) is 0 Å². The molecular formula is C10H19ClN2O. The summed E-state index contributed by atoms with van der Waals surface area (Å²) in [4.78, 5) is 13.9. The molecule has 0 spiro atoms.